The molecule has 0 atom stereocenters. The van der Waals surface area contributed by atoms with Gasteiger partial charge in [0.1, 0.15) is 15.5 Å². The number of benzene rings is 4. The monoisotopic (exact) mass is 538 g/mol. The molecular formula is C20H14N2O10S3. The Bertz CT molecular complexity index is 1700. The van der Waals surface area contributed by atoms with Gasteiger partial charge in [-0.2, -0.15) is 16.8 Å². The van der Waals surface area contributed by atoms with Crippen LogP contribution >= 0.6 is 12.0 Å². The number of nitrogens with zero attached hydrogens (tertiary/aromatic N) is 2. The van der Waals surface area contributed by atoms with Gasteiger partial charge in [0.2, 0.25) is 0 Å². The maximum atomic E-state index is 11.8. The molecule has 182 valence electrons. The van der Waals surface area contributed by atoms with Gasteiger partial charge in [0, 0.05) is 21.1 Å². The first-order valence-corrected chi connectivity index (χ1v) is 13.0. The van der Waals surface area contributed by atoms with E-state index in [1.165, 1.54) is 36.4 Å². The van der Waals surface area contributed by atoms with Gasteiger partial charge in [-0.1, -0.05) is 35.4 Å². The van der Waals surface area contributed by atoms with Gasteiger partial charge in [-0.15, -0.1) is 14.6 Å². The van der Waals surface area contributed by atoms with Crippen molar-refractivity contribution in [1.29, 1.82) is 0 Å². The molecule has 15 heteroatoms. The van der Waals surface area contributed by atoms with Crippen molar-refractivity contribution < 1.29 is 45.7 Å². The van der Waals surface area contributed by atoms with Crippen LogP contribution in [0.4, 0.5) is 11.4 Å². The van der Waals surface area contributed by atoms with Crippen LogP contribution in [0.25, 0.3) is 21.5 Å². The lowest BCUT2D eigenvalue weighted by Gasteiger charge is -2.10. The van der Waals surface area contributed by atoms with Gasteiger partial charge in [-0.25, -0.2) is 5.26 Å². The predicted molar refractivity (Wildman–Crippen MR) is 124 cm³/mol. The maximum Gasteiger partial charge on any atom is 0.298 e. The Hall–Kier alpha value is -3.15. The maximum absolute atomic E-state index is 11.8. The Balaban J connectivity index is 1.93. The normalized spacial score (nSPS) is 12.7. The second kappa shape index (κ2) is 9.48. The minimum absolute atomic E-state index is 0.151. The van der Waals surface area contributed by atoms with Crippen LogP contribution in [0.1, 0.15) is 0 Å². The second-order valence-electron chi connectivity index (χ2n) is 6.96. The van der Waals surface area contributed by atoms with Crippen molar-refractivity contribution in [1.82, 2.24) is 0 Å². The summed E-state index contributed by atoms with van der Waals surface area (Å²) in [7, 11) is -9.39. The summed E-state index contributed by atoms with van der Waals surface area (Å²) >= 11 is 0.603. The van der Waals surface area contributed by atoms with E-state index in [1.807, 2.05) is 0 Å². The molecule has 0 aliphatic carbocycles. The van der Waals surface area contributed by atoms with Crippen LogP contribution in [0.2, 0.25) is 0 Å². The molecule has 4 aromatic carbocycles. The van der Waals surface area contributed by atoms with E-state index in [4.69, 9.17) is 5.26 Å². The van der Waals surface area contributed by atoms with Crippen molar-refractivity contribution in [2.24, 2.45) is 10.2 Å². The Kier molecular flexibility index (Phi) is 6.76. The molecular weight excluding hydrogens is 524 g/mol. The minimum atomic E-state index is -4.87. The molecule has 12 nitrogen and oxygen atoms in total. The summed E-state index contributed by atoms with van der Waals surface area (Å²) in [6, 6.07) is 14.0. The average molecular weight is 539 g/mol. The van der Waals surface area contributed by atoms with E-state index < -0.39 is 30.9 Å². The fourth-order valence-electron chi connectivity index (χ4n) is 3.41. The quantitative estimate of drug-likeness (QED) is 0.0810. The van der Waals surface area contributed by atoms with Crippen LogP contribution in [0.3, 0.4) is 0 Å². The lowest BCUT2D eigenvalue weighted by atomic mass is 10.1. The number of hydrogen-bond acceptors (Lipinski definition) is 11. The second-order valence-corrected chi connectivity index (χ2v) is 10.5. The van der Waals surface area contributed by atoms with Gasteiger partial charge in [-0.3, -0.25) is 9.11 Å². The highest BCUT2D eigenvalue weighted by atomic mass is 32.2. The van der Waals surface area contributed by atoms with Gasteiger partial charge in [-0.05, 0) is 35.7 Å². The van der Waals surface area contributed by atoms with Gasteiger partial charge in [0.05, 0.1) is 17.7 Å². The van der Waals surface area contributed by atoms with Crippen molar-refractivity contribution in [3.8, 4) is 5.75 Å². The number of hydrogen-bond donors (Lipinski definition) is 4. The zero-order chi connectivity index (χ0) is 25.4. The molecule has 0 heterocycles. The Morgan fingerprint density at radius 1 is 0.771 bits per heavy atom. The molecule has 0 bridgehead atoms. The highest BCUT2D eigenvalue weighted by Crippen LogP contribution is 2.43. The van der Waals surface area contributed by atoms with Crippen molar-refractivity contribution in [3.05, 3.63) is 60.7 Å². The smallest absolute Gasteiger partial charge is 0.298 e. The number of aromatic hydroxyl groups is 1. The van der Waals surface area contributed by atoms with E-state index in [9.17, 15) is 31.0 Å². The van der Waals surface area contributed by atoms with E-state index in [-0.39, 0.29) is 32.4 Å². The van der Waals surface area contributed by atoms with Crippen LogP contribution in [0.15, 0.2) is 85.6 Å². The molecule has 0 saturated heterocycles. The van der Waals surface area contributed by atoms with Gasteiger partial charge in [0.25, 0.3) is 20.2 Å². The van der Waals surface area contributed by atoms with Gasteiger partial charge >= 0.3 is 0 Å². The third kappa shape index (κ3) is 5.12. The number of azo groups is 1. The van der Waals surface area contributed by atoms with Crippen LogP contribution in [0.5, 0.6) is 5.75 Å². The lowest BCUT2D eigenvalue weighted by Crippen LogP contribution is -1.99. The van der Waals surface area contributed by atoms with Crippen LogP contribution in [-0.2, 0) is 29.6 Å². The van der Waals surface area contributed by atoms with E-state index >= 15 is 0 Å². The number of phenolic OH excluding ortho intramolecular Hbond substituents is 1. The number of phenols is 1. The predicted octanol–water partition coefficient (Wildman–Crippen LogP) is 5.04. The fourth-order valence-corrected chi connectivity index (χ4v) is 5.13. The standard InChI is InChI=1S/C20H14N2O10S3/c23-20-18(35(28,29)30)10-11-9-12(33-32-31-24)5-6-13(11)19(20)22-21-16-7-8-17(34(25,26)27)15-4-2-1-3-14(15)16/h1-10,23-24H,(H,25,26,27)(H,28,29,30). The van der Waals surface area contributed by atoms with E-state index in [1.54, 1.807) is 12.1 Å². The van der Waals surface area contributed by atoms with Crippen molar-refractivity contribution in [3.63, 3.8) is 0 Å². The highest BCUT2D eigenvalue weighted by molar-refractivity contribution is 7.94. The first-order valence-electron chi connectivity index (χ1n) is 9.33. The zero-order valence-electron chi connectivity index (χ0n) is 17.1. The molecule has 0 amide bonds. The molecule has 4 aromatic rings. The van der Waals surface area contributed by atoms with Gasteiger partial charge < -0.3 is 5.11 Å². The third-order valence-electron chi connectivity index (χ3n) is 4.86. The SMILES string of the molecule is O=S(=O)(O)c1cc2cc(SOOO)ccc2c(N=Nc2ccc(S(=O)(=O)O)c3ccccc23)c1O. The molecule has 0 unspecified atom stereocenters. The summed E-state index contributed by atoms with van der Waals surface area (Å²) in [5.41, 5.74) is -0.146. The zero-order valence-corrected chi connectivity index (χ0v) is 19.6. The summed E-state index contributed by atoms with van der Waals surface area (Å²) < 4.78 is 70.5. The topological polar surface area (TPSA) is 192 Å². The Morgan fingerprint density at radius 3 is 2.11 bits per heavy atom. The molecule has 0 aliphatic heterocycles. The summed E-state index contributed by atoms with van der Waals surface area (Å²) in [5, 5.41) is 31.4. The van der Waals surface area contributed by atoms with Crippen LogP contribution in [-0.4, -0.2) is 36.3 Å². The van der Waals surface area contributed by atoms with Crippen molar-refractivity contribution in [2.75, 3.05) is 0 Å². The summed E-state index contributed by atoms with van der Waals surface area (Å²) in [6.45, 7) is 0. The van der Waals surface area contributed by atoms with Crippen LogP contribution < -0.4 is 0 Å². The molecule has 0 aromatic heterocycles. The Morgan fingerprint density at radius 2 is 1.46 bits per heavy atom. The largest absolute Gasteiger partial charge is 0.504 e. The Labute approximate surface area is 202 Å². The van der Waals surface area contributed by atoms with Crippen molar-refractivity contribution in [2.45, 2.75) is 14.7 Å². The molecule has 4 rings (SSSR count). The van der Waals surface area contributed by atoms with Gasteiger partial charge in [0.15, 0.2) is 5.75 Å². The average Bonchev–Trinajstić information content (AvgIpc) is 2.80. The first kappa shape index (κ1) is 25.0. The molecule has 0 fully saturated rings. The molecule has 0 radical (unpaired) electrons. The fraction of sp³-hybridized carbons (Fsp3) is 0. The summed E-state index contributed by atoms with van der Waals surface area (Å²) in [4.78, 5) is -0.798. The summed E-state index contributed by atoms with van der Waals surface area (Å²) in [5.74, 6) is -0.863. The third-order valence-corrected chi connectivity index (χ3v) is 7.21. The van der Waals surface area contributed by atoms with E-state index in [2.05, 4.69) is 19.6 Å². The lowest BCUT2D eigenvalue weighted by molar-refractivity contribution is -0.432. The summed E-state index contributed by atoms with van der Waals surface area (Å²) in [6.07, 6.45) is 0. The first-order chi connectivity index (χ1) is 16.5. The van der Waals surface area contributed by atoms with E-state index in [0.29, 0.717) is 22.3 Å². The minimum Gasteiger partial charge on any atom is -0.504 e. The van der Waals surface area contributed by atoms with Crippen LogP contribution in [0, 0.1) is 0 Å². The van der Waals surface area contributed by atoms with Crippen molar-refractivity contribution >= 4 is 65.2 Å². The highest BCUT2D eigenvalue weighted by Gasteiger charge is 2.22. The molecule has 0 saturated carbocycles. The molecule has 0 aliphatic rings. The number of fused-ring (bicyclic) bond motifs is 2. The molecule has 0 spiro atoms. The molecule has 4 N–H and O–H groups in total. The molecule has 35 heavy (non-hydrogen) atoms. The van der Waals surface area contributed by atoms with E-state index in [0.717, 1.165) is 12.1 Å². The number of rotatable bonds is 7.